The van der Waals surface area contributed by atoms with E-state index >= 15 is 0 Å². The molecule has 1 saturated heterocycles. The highest BCUT2D eigenvalue weighted by molar-refractivity contribution is 7.93. The monoisotopic (exact) mass is 380 g/mol. The van der Waals surface area contributed by atoms with Gasteiger partial charge in [-0.3, -0.25) is 19.2 Å². The Bertz CT molecular complexity index is 923. The Morgan fingerprint density at radius 3 is 2.84 bits per heavy atom. The minimum absolute atomic E-state index is 0.00861. The standard InChI is InChI=1S/C15H16N4O4S2/c16-13(20)8-11-9-24-15(17-11)18-14(21)10-3-1-4-12(7-10)19-5-2-6-25(19,22)23/h1,3-4,7,9H,2,5-6,8H2,(H2,16,20)(H,17,18,21). The van der Waals surface area contributed by atoms with Crippen LogP contribution in [0.1, 0.15) is 22.5 Å². The van der Waals surface area contributed by atoms with E-state index in [1.54, 1.807) is 23.6 Å². The molecule has 1 aromatic heterocycles. The van der Waals surface area contributed by atoms with Crippen LogP contribution < -0.4 is 15.4 Å². The number of carbonyl (C=O) groups is 2. The van der Waals surface area contributed by atoms with Gasteiger partial charge in [-0.05, 0) is 24.6 Å². The highest BCUT2D eigenvalue weighted by Gasteiger charge is 2.28. The number of nitrogens with two attached hydrogens (primary N) is 1. The number of hydrogen-bond acceptors (Lipinski definition) is 6. The fourth-order valence-corrected chi connectivity index (χ4v) is 4.79. The molecule has 0 atom stereocenters. The quantitative estimate of drug-likeness (QED) is 0.800. The molecule has 3 N–H and O–H groups in total. The largest absolute Gasteiger partial charge is 0.369 e. The highest BCUT2D eigenvalue weighted by Crippen LogP contribution is 2.25. The van der Waals surface area contributed by atoms with Crippen molar-refractivity contribution in [1.29, 1.82) is 0 Å². The van der Waals surface area contributed by atoms with Crippen molar-refractivity contribution >= 4 is 44.0 Å². The first-order chi connectivity index (χ1) is 11.8. The number of sulfonamides is 1. The third-order valence-electron chi connectivity index (χ3n) is 3.62. The van der Waals surface area contributed by atoms with Crippen LogP contribution in [0.2, 0.25) is 0 Å². The Morgan fingerprint density at radius 1 is 1.36 bits per heavy atom. The molecule has 0 spiro atoms. The number of thiazole rings is 1. The zero-order valence-electron chi connectivity index (χ0n) is 13.1. The highest BCUT2D eigenvalue weighted by atomic mass is 32.2. The molecule has 132 valence electrons. The van der Waals surface area contributed by atoms with Crippen LogP contribution in [0.4, 0.5) is 10.8 Å². The molecular formula is C15H16N4O4S2. The Morgan fingerprint density at radius 2 is 2.16 bits per heavy atom. The Labute approximate surface area is 148 Å². The summed E-state index contributed by atoms with van der Waals surface area (Å²) in [6, 6.07) is 6.43. The summed E-state index contributed by atoms with van der Waals surface area (Å²) in [6.07, 6.45) is 0.579. The molecule has 3 rings (SSSR count). The lowest BCUT2D eigenvalue weighted by Gasteiger charge is -2.17. The van der Waals surface area contributed by atoms with Crippen molar-refractivity contribution in [1.82, 2.24) is 4.98 Å². The van der Waals surface area contributed by atoms with E-state index in [9.17, 15) is 18.0 Å². The van der Waals surface area contributed by atoms with Crippen LogP contribution in [0, 0.1) is 0 Å². The van der Waals surface area contributed by atoms with Crippen LogP contribution in [0.15, 0.2) is 29.6 Å². The van der Waals surface area contributed by atoms with Crippen LogP contribution in [0.5, 0.6) is 0 Å². The normalized spacial score (nSPS) is 15.9. The van der Waals surface area contributed by atoms with Crippen molar-refractivity contribution < 1.29 is 18.0 Å². The Balaban J connectivity index is 1.75. The number of rotatable bonds is 5. The average molecular weight is 380 g/mol. The number of anilines is 2. The maximum atomic E-state index is 12.4. The molecule has 25 heavy (non-hydrogen) atoms. The van der Waals surface area contributed by atoms with Crippen molar-refractivity contribution in [2.45, 2.75) is 12.8 Å². The van der Waals surface area contributed by atoms with Gasteiger partial charge in [0.1, 0.15) is 0 Å². The molecule has 1 fully saturated rings. The zero-order valence-corrected chi connectivity index (χ0v) is 14.8. The first-order valence-electron chi connectivity index (χ1n) is 7.50. The smallest absolute Gasteiger partial charge is 0.257 e. The Kier molecular flexibility index (Phi) is 4.73. The van der Waals surface area contributed by atoms with Gasteiger partial charge in [0.05, 0.1) is 23.6 Å². The summed E-state index contributed by atoms with van der Waals surface area (Å²) >= 11 is 1.19. The fraction of sp³-hybridized carbons (Fsp3) is 0.267. The van der Waals surface area contributed by atoms with Crippen LogP contribution in [-0.4, -0.2) is 37.5 Å². The predicted molar refractivity (Wildman–Crippen MR) is 95.2 cm³/mol. The van der Waals surface area contributed by atoms with Gasteiger partial charge < -0.3 is 5.73 Å². The second-order valence-corrected chi connectivity index (χ2v) is 8.40. The topological polar surface area (TPSA) is 122 Å². The van der Waals surface area contributed by atoms with E-state index in [0.717, 1.165) is 0 Å². The van der Waals surface area contributed by atoms with Crippen LogP contribution in [0.25, 0.3) is 0 Å². The number of nitrogens with one attached hydrogen (secondary N) is 1. The van der Waals surface area contributed by atoms with E-state index < -0.39 is 21.8 Å². The molecule has 0 unspecified atom stereocenters. The lowest BCUT2D eigenvalue weighted by atomic mass is 10.2. The molecule has 0 aliphatic carbocycles. The van der Waals surface area contributed by atoms with E-state index in [1.165, 1.54) is 21.7 Å². The third-order valence-corrected chi connectivity index (χ3v) is 6.30. The van der Waals surface area contributed by atoms with Gasteiger partial charge >= 0.3 is 0 Å². The average Bonchev–Trinajstić information content (AvgIpc) is 3.12. The Hall–Kier alpha value is -2.46. The number of hydrogen-bond donors (Lipinski definition) is 2. The molecule has 2 heterocycles. The van der Waals surface area contributed by atoms with Crippen LogP contribution in [-0.2, 0) is 21.2 Å². The molecule has 10 heteroatoms. The fourth-order valence-electron chi connectivity index (χ4n) is 2.53. The van der Waals surface area contributed by atoms with Gasteiger partial charge in [0.25, 0.3) is 5.91 Å². The van der Waals surface area contributed by atoms with Crippen LogP contribution >= 0.6 is 11.3 Å². The summed E-state index contributed by atoms with van der Waals surface area (Å²) in [4.78, 5) is 27.4. The van der Waals surface area contributed by atoms with E-state index in [4.69, 9.17) is 5.73 Å². The maximum Gasteiger partial charge on any atom is 0.257 e. The summed E-state index contributed by atoms with van der Waals surface area (Å²) in [5.74, 6) is -0.785. The summed E-state index contributed by atoms with van der Waals surface area (Å²) < 4.78 is 25.3. The summed E-state index contributed by atoms with van der Waals surface area (Å²) in [5, 5.41) is 4.63. The SMILES string of the molecule is NC(=O)Cc1csc(NC(=O)c2cccc(N3CCCS3(=O)=O)c2)n1. The summed E-state index contributed by atoms with van der Waals surface area (Å²) in [6.45, 7) is 0.413. The molecule has 0 saturated carbocycles. The van der Waals surface area contributed by atoms with E-state index in [-0.39, 0.29) is 12.2 Å². The molecule has 1 aliphatic heterocycles. The van der Waals surface area contributed by atoms with E-state index in [1.807, 2.05) is 0 Å². The minimum Gasteiger partial charge on any atom is -0.369 e. The van der Waals surface area contributed by atoms with Gasteiger partial charge in [-0.1, -0.05) is 6.07 Å². The zero-order chi connectivity index (χ0) is 18.0. The molecule has 2 amide bonds. The lowest BCUT2D eigenvalue weighted by Crippen LogP contribution is -2.25. The van der Waals surface area contributed by atoms with Gasteiger partial charge in [0.2, 0.25) is 15.9 Å². The molecule has 0 bridgehead atoms. The van der Waals surface area contributed by atoms with Gasteiger partial charge in [-0.15, -0.1) is 11.3 Å². The molecule has 1 aliphatic rings. The first kappa shape index (κ1) is 17.4. The van der Waals surface area contributed by atoms with Crippen molar-refractivity contribution in [2.75, 3.05) is 21.9 Å². The van der Waals surface area contributed by atoms with Crippen molar-refractivity contribution in [3.8, 4) is 0 Å². The molecular weight excluding hydrogens is 364 g/mol. The summed E-state index contributed by atoms with van der Waals surface area (Å²) in [7, 11) is -3.30. The molecule has 8 nitrogen and oxygen atoms in total. The third kappa shape index (κ3) is 3.97. The number of benzene rings is 1. The maximum absolute atomic E-state index is 12.4. The van der Waals surface area contributed by atoms with Gasteiger partial charge in [-0.25, -0.2) is 13.4 Å². The predicted octanol–water partition coefficient (Wildman–Crippen LogP) is 0.963. The second kappa shape index (κ2) is 6.81. The van der Waals surface area contributed by atoms with Crippen molar-refractivity contribution in [3.63, 3.8) is 0 Å². The number of carbonyl (C=O) groups excluding carboxylic acids is 2. The molecule has 2 aromatic rings. The van der Waals surface area contributed by atoms with Crippen molar-refractivity contribution in [2.24, 2.45) is 5.73 Å². The molecule has 1 aromatic carbocycles. The van der Waals surface area contributed by atoms with E-state index in [2.05, 4.69) is 10.3 Å². The van der Waals surface area contributed by atoms with Crippen molar-refractivity contribution in [3.05, 3.63) is 40.9 Å². The van der Waals surface area contributed by atoms with E-state index in [0.29, 0.717) is 35.0 Å². The van der Waals surface area contributed by atoms with Gasteiger partial charge in [0, 0.05) is 17.5 Å². The number of aromatic nitrogens is 1. The number of amides is 2. The minimum atomic E-state index is -3.30. The lowest BCUT2D eigenvalue weighted by molar-refractivity contribution is -0.117. The second-order valence-electron chi connectivity index (χ2n) is 5.53. The first-order valence-corrected chi connectivity index (χ1v) is 9.98. The number of primary amides is 1. The molecule has 0 radical (unpaired) electrons. The number of nitrogens with zero attached hydrogens (tertiary/aromatic N) is 2. The van der Waals surface area contributed by atoms with Gasteiger partial charge in [-0.2, -0.15) is 0 Å². The summed E-state index contributed by atoms with van der Waals surface area (Å²) in [5.41, 5.74) is 6.40. The van der Waals surface area contributed by atoms with Crippen LogP contribution in [0.3, 0.4) is 0 Å². The van der Waals surface area contributed by atoms with Gasteiger partial charge in [0.15, 0.2) is 5.13 Å².